The second-order valence-electron chi connectivity index (χ2n) is 11.1. The number of alkyl halides is 5. The monoisotopic (exact) mass is 526 g/mol. The number of nitrogens with zero attached hydrogens (tertiary/aromatic N) is 5. The van der Waals surface area contributed by atoms with Crippen LogP contribution in [-0.2, 0) is 6.18 Å². The Hall–Kier alpha value is -2.27. The Kier molecular flexibility index (Phi) is 7.21. The van der Waals surface area contributed by atoms with Gasteiger partial charge in [0.15, 0.2) is 0 Å². The van der Waals surface area contributed by atoms with Crippen molar-refractivity contribution < 1.29 is 22.0 Å². The molecule has 0 aromatic carbocycles. The number of nitrogens with two attached hydrogens (primary N) is 1. The molecule has 6 nitrogen and oxygen atoms in total. The molecule has 0 spiro atoms. The SMILES string of the molecule is CC(C)n1nc(-c2cnc(N)c(C(F)(F)F)c2)cc1C1CC2CCC(C1)C2N1CCN(CC(F)F)CC1. The summed E-state index contributed by atoms with van der Waals surface area (Å²) in [5.41, 5.74) is 6.40. The van der Waals surface area contributed by atoms with E-state index in [1.54, 1.807) is 0 Å². The fraction of sp³-hybridized carbons (Fsp3) is 0.692. The molecule has 3 fully saturated rings. The van der Waals surface area contributed by atoms with Crippen molar-refractivity contribution in [1.29, 1.82) is 0 Å². The molecule has 11 heteroatoms. The normalized spacial score (nSPS) is 27.5. The van der Waals surface area contributed by atoms with E-state index in [1.807, 2.05) is 29.5 Å². The van der Waals surface area contributed by atoms with E-state index in [1.165, 1.54) is 6.20 Å². The second kappa shape index (κ2) is 10.1. The minimum absolute atomic E-state index is 0.0610. The topological polar surface area (TPSA) is 63.2 Å². The van der Waals surface area contributed by atoms with E-state index < -0.39 is 24.0 Å². The van der Waals surface area contributed by atoms with Crippen molar-refractivity contribution in [3.05, 3.63) is 29.6 Å². The number of aromatic nitrogens is 3. The average molecular weight is 527 g/mol. The van der Waals surface area contributed by atoms with Crippen LogP contribution in [0, 0.1) is 11.8 Å². The Morgan fingerprint density at radius 2 is 1.68 bits per heavy atom. The Labute approximate surface area is 214 Å². The number of anilines is 1. The molecule has 2 unspecified atom stereocenters. The summed E-state index contributed by atoms with van der Waals surface area (Å²) in [6.07, 6.45) is -1.20. The highest BCUT2D eigenvalue weighted by molar-refractivity contribution is 5.62. The lowest BCUT2D eigenvalue weighted by Gasteiger charge is -2.45. The largest absolute Gasteiger partial charge is 0.419 e. The number of piperazine rings is 1. The number of pyridine rings is 1. The summed E-state index contributed by atoms with van der Waals surface area (Å²) in [6, 6.07) is 3.51. The van der Waals surface area contributed by atoms with Crippen molar-refractivity contribution in [3.63, 3.8) is 0 Å². The van der Waals surface area contributed by atoms with E-state index in [9.17, 15) is 22.0 Å². The van der Waals surface area contributed by atoms with Gasteiger partial charge in [-0.05, 0) is 63.5 Å². The fourth-order valence-corrected chi connectivity index (χ4v) is 6.88. The van der Waals surface area contributed by atoms with Gasteiger partial charge in [-0.3, -0.25) is 14.5 Å². The van der Waals surface area contributed by atoms with Crippen molar-refractivity contribution in [2.24, 2.45) is 11.8 Å². The van der Waals surface area contributed by atoms with Gasteiger partial charge in [0.1, 0.15) is 5.82 Å². The summed E-state index contributed by atoms with van der Waals surface area (Å²) in [4.78, 5) is 8.17. The van der Waals surface area contributed by atoms with Crippen LogP contribution >= 0.6 is 0 Å². The quantitative estimate of drug-likeness (QED) is 0.519. The van der Waals surface area contributed by atoms with Gasteiger partial charge in [0.2, 0.25) is 0 Å². The number of halogens is 5. The van der Waals surface area contributed by atoms with Crippen LogP contribution in [0.2, 0.25) is 0 Å². The smallest absolute Gasteiger partial charge is 0.383 e. The van der Waals surface area contributed by atoms with E-state index >= 15 is 0 Å². The summed E-state index contributed by atoms with van der Waals surface area (Å²) in [5, 5.41) is 4.71. The maximum absolute atomic E-state index is 13.4. The van der Waals surface area contributed by atoms with E-state index in [0.29, 0.717) is 42.2 Å². The molecular weight excluding hydrogens is 491 g/mol. The summed E-state index contributed by atoms with van der Waals surface area (Å²) in [6.45, 7) is 6.93. The molecule has 0 radical (unpaired) electrons. The molecule has 5 rings (SSSR count). The van der Waals surface area contributed by atoms with Crippen LogP contribution < -0.4 is 5.73 Å². The summed E-state index contributed by atoms with van der Waals surface area (Å²) >= 11 is 0. The van der Waals surface area contributed by atoms with Gasteiger partial charge in [-0.2, -0.15) is 18.3 Å². The van der Waals surface area contributed by atoms with E-state index in [0.717, 1.165) is 50.5 Å². The summed E-state index contributed by atoms with van der Waals surface area (Å²) in [7, 11) is 0. The molecule has 3 heterocycles. The summed E-state index contributed by atoms with van der Waals surface area (Å²) < 4.78 is 67.8. The minimum atomic E-state index is -4.58. The Morgan fingerprint density at radius 1 is 1.03 bits per heavy atom. The van der Waals surface area contributed by atoms with Gasteiger partial charge in [0.05, 0.1) is 17.8 Å². The third kappa shape index (κ3) is 5.34. The number of rotatable bonds is 6. The fourth-order valence-electron chi connectivity index (χ4n) is 6.88. The zero-order chi connectivity index (χ0) is 26.5. The van der Waals surface area contributed by atoms with Gasteiger partial charge >= 0.3 is 6.18 Å². The minimum Gasteiger partial charge on any atom is -0.383 e. The third-order valence-corrected chi connectivity index (χ3v) is 8.47. The number of fused-ring (bicyclic) bond motifs is 2. The highest BCUT2D eigenvalue weighted by Gasteiger charge is 2.47. The van der Waals surface area contributed by atoms with E-state index in [-0.39, 0.29) is 18.5 Å². The molecule has 37 heavy (non-hydrogen) atoms. The van der Waals surface area contributed by atoms with Crippen molar-refractivity contribution >= 4 is 5.82 Å². The molecule has 2 aromatic heterocycles. The van der Waals surface area contributed by atoms with Gasteiger partial charge in [-0.25, -0.2) is 13.8 Å². The Balaban J connectivity index is 1.34. The molecule has 2 atom stereocenters. The van der Waals surface area contributed by atoms with Crippen LogP contribution in [0.3, 0.4) is 0 Å². The van der Waals surface area contributed by atoms with E-state index in [2.05, 4.69) is 9.88 Å². The molecule has 2 bridgehead atoms. The molecule has 2 N–H and O–H groups in total. The maximum atomic E-state index is 13.4. The van der Waals surface area contributed by atoms with Crippen LogP contribution in [-0.4, -0.2) is 69.8 Å². The molecule has 204 valence electrons. The number of nitrogen functional groups attached to an aromatic ring is 1. The number of hydrogen-bond acceptors (Lipinski definition) is 5. The van der Waals surface area contributed by atoms with Crippen LogP contribution in [0.25, 0.3) is 11.3 Å². The lowest BCUT2D eigenvalue weighted by atomic mass is 9.75. The van der Waals surface area contributed by atoms with E-state index in [4.69, 9.17) is 10.8 Å². The van der Waals surface area contributed by atoms with Crippen LogP contribution in [0.1, 0.15) is 62.7 Å². The zero-order valence-electron chi connectivity index (χ0n) is 21.3. The van der Waals surface area contributed by atoms with Gasteiger partial charge in [0, 0.05) is 61.6 Å². The Morgan fingerprint density at radius 3 is 2.24 bits per heavy atom. The van der Waals surface area contributed by atoms with Gasteiger partial charge in [-0.1, -0.05) is 0 Å². The molecular formula is C26H35F5N6. The standard InChI is InChI=1S/C26H35F5N6/c1-15(2)37-22(12-21(34-37)19-11-20(26(29,30)31)25(32)33-13-19)18-9-16-3-4-17(10-18)24(16)36-7-5-35(6-8-36)14-23(27)28/h11-13,15-18,23-24H,3-10,14H2,1-2H3,(H2,32,33). The molecule has 1 aliphatic heterocycles. The van der Waals surface area contributed by atoms with Crippen molar-refractivity contribution in [3.8, 4) is 11.3 Å². The molecule has 3 aliphatic rings. The predicted molar refractivity (Wildman–Crippen MR) is 131 cm³/mol. The van der Waals surface area contributed by atoms with Crippen LogP contribution in [0.5, 0.6) is 0 Å². The Bertz CT molecular complexity index is 1080. The second-order valence-corrected chi connectivity index (χ2v) is 11.1. The molecule has 1 saturated heterocycles. The lowest BCUT2D eigenvalue weighted by molar-refractivity contribution is -0.137. The molecule has 0 amide bonds. The first kappa shape index (κ1) is 26.3. The highest BCUT2D eigenvalue weighted by atomic mass is 19.4. The molecule has 2 aromatic rings. The zero-order valence-corrected chi connectivity index (χ0v) is 21.3. The first-order chi connectivity index (χ1) is 17.5. The first-order valence-corrected chi connectivity index (χ1v) is 13.2. The summed E-state index contributed by atoms with van der Waals surface area (Å²) in [5.74, 6) is 0.796. The molecule has 2 aliphatic carbocycles. The average Bonchev–Trinajstić information content (AvgIpc) is 3.38. The van der Waals surface area contributed by atoms with Crippen LogP contribution in [0.4, 0.5) is 27.8 Å². The van der Waals surface area contributed by atoms with Crippen molar-refractivity contribution in [2.45, 2.75) is 70.1 Å². The maximum Gasteiger partial charge on any atom is 0.419 e. The van der Waals surface area contributed by atoms with Gasteiger partial charge < -0.3 is 5.73 Å². The van der Waals surface area contributed by atoms with Gasteiger partial charge in [-0.15, -0.1) is 0 Å². The van der Waals surface area contributed by atoms with Crippen LogP contribution in [0.15, 0.2) is 18.3 Å². The highest BCUT2D eigenvalue weighted by Crippen LogP contribution is 2.51. The lowest BCUT2D eigenvalue weighted by Crippen LogP contribution is -2.54. The van der Waals surface area contributed by atoms with Crippen molar-refractivity contribution in [1.82, 2.24) is 24.6 Å². The predicted octanol–water partition coefficient (Wildman–Crippen LogP) is 5.28. The van der Waals surface area contributed by atoms with Gasteiger partial charge in [0.25, 0.3) is 6.43 Å². The van der Waals surface area contributed by atoms with Crippen molar-refractivity contribution in [2.75, 3.05) is 38.5 Å². The first-order valence-electron chi connectivity index (χ1n) is 13.2. The number of hydrogen-bond donors (Lipinski definition) is 1. The third-order valence-electron chi connectivity index (χ3n) is 8.47. The molecule has 2 saturated carbocycles.